The maximum absolute atomic E-state index is 6.02. The van der Waals surface area contributed by atoms with Crippen LogP contribution in [0.5, 0.6) is 0 Å². The summed E-state index contributed by atoms with van der Waals surface area (Å²) in [5.41, 5.74) is 4.28. The molecule has 6 heteroatoms. The molecule has 1 saturated heterocycles. The predicted octanol–water partition coefficient (Wildman–Crippen LogP) is 4.52. The van der Waals surface area contributed by atoms with Crippen molar-refractivity contribution in [3.63, 3.8) is 0 Å². The Morgan fingerprint density at radius 3 is 2.52 bits per heavy atom. The van der Waals surface area contributed by atoms with Crippen molar-refractivity contribution in [2.45, 2.75) is 26.8 Å². The van der Waals surface area contributed by atoms with Crippen molar-refractivity contribution in [1.82, 2.24) is 19.9 Å². The van der Waals surface area contributed by atoms with E-state index in [1.165, 1.54) is 5.56 Å². The number of rotatable bonds is 4. The van der Waals surface area contributed by atoms with Gasteiger partial charge in [0.1, 0.15) is 11.5 Å². The third kappa shape index (κ3) is 4.74. The predicted molar refractivity (Wildman–Crippen MR) is 118 cm³/mol. The highest BCUT2D eigenvalue weighted by molar-refractivity contribution is 6.30. The van der Waals surface area contributed by atoms with Crippen molar-refractivity contribution in [2.75, 3.05) is 31.1 Å². The highest BCUT2D eigenvalue weighted by Crippen LogP contribution is 2.25. The third-order valence-corrected chi connectivity index (χ3v) is 5.72. The zero-order valence-electron chi connectivity index (χ0n) is 17.0. The number of hydrogen-bond acceptors (Lipinski definition) is 5. The summed E-state index contributed by atoms with van der Waals surface area (Å²) < 4.78 is 0. The van der Waals surface area contributed by atoms with E-state index in [0.717, 1.165) is 66.9 Å². The standard InChI is InChI=1S/C23H26ClN5/c1-17-18(2)26-22(21-6-3-4-11-25-21)27-23(17)29-13-5-12-28(14-15-29)16-19-7-9-20(24)10-8-19/h3-4,6-11H,5,12-16H2,1-2H3. The number of benzene rings is 1. The molecule has 1 fully saturated rings. The van der Waals surface area contributed by atoms with Gasteiger partial charge in [0.2, 0.25) is 0 Å². The van der Waals surface area contributed by atoms with E-state index in [0.29, 0.717) is 5.82 Å². The van der Waals surface area contributed by atoms with Crippen LogP contribution in [-0.2, 0) is 6.54 Å². The van der Waals surface area contributed by atoms with Crippen molar-refractivity contribution >= 4 is 17.4 Å². The van der Waals surface area contributed by atoms with Crippen molar-refractivity contribution in [3.05, 3.63) is 70.5 Å². The van der Waals surface area contributed by atoms with Gasteiger partial charge in [-0.05, 0) is 50.1 Å². The summed E-state index contributed by atoms with van der Waals surface area (Å²) in [6.45, 7) is 9.15. The van der Waals surface area contributed by atoms with E-state index in [1.807, 2.05) is 30.3 Å². The smallest absolute Gasteiger partial charge is 0.180 e. The molecule has 0 N–H and O–H groups in total. The lowest BCUT2D eigenvalue weighted by atomic mass is 10.2. The lowest BCUT2D eigenvalue weighted by Crippen LogP contribution is -2.31. The van der Waals surface area contributed by atoms with Crippen LogP contribution in [0.15, 0.2) is 48.7 Å². The van der Waals surface area contributed by atoms with Crippen LogP contribution >= 0.6 is 11.6 Å². The molecule has 1 aromatic carbocycles. The second-order valence-corrected chi connectivity index (χ2v) is 7.98. The number of pyridine rings is 1. The van der Waals surface area contributed by atoms with Crippen molar-refractivity contribution in [2.24, 2.45) is 0 Å². The molecule has 4 rings (SSSR count). The summed E-state index contributed by atoms with van der Waals surface area (Å²) in [6.07, 6.45) is 2.89. The fourth-order valence-corrected chi connectivity index (χ4v) is 3.85. The Balaban J connectivity index is 1.51. The topological polar surface area (TPSA) is 45.2 Å². The highest BCUT2D eigenvalue weighted by atomic mass is 35.5. The molecule has 5 nitrogen and oxygen atoms in total. The van der Waals surface area contributed by atoms with Crippen LogP contribution in [0.1, 0.15) is 23.2 Å². The Morgan fingerprint density at radius 1 is 0.931 bits per heavy atom. The summed E-state index contributed by atoms with van der Waals surface area (Å²) >= 11 is 6.02. The molecular formula is C23H26ClN5. The number of aryl methyl sites for hydroxylation is 1. The number of hydrogen-bond donors (Lipinski definition) is 0. The Kier molecular flexibility index (Phi) is 6.07. The zero-order valence-corrected chi connectivity index (χ0v) is 17.7. The van der Waals surface area contributed by atoms with E-state index >= 15 is 0 Å². The van der Waals surface area contributed by atoms with Crippen molar-refractivity contribution in [1.29, 1.82) is 0 Å². The van der Waals surface area contributed by atoms with Gasteiger partial charge in [0.05, 0.1) is 0 Å². The second kappa shape index (κ2) is 8.89. The number of aromatic nitrogens is 3. The number of halogens is 1. The van der Waals surface area contributed by atoms with E-state index in [9.17, 15) is 0 Å². The van der Waals surface area contributed by atoms with Crippen molar-refractivity contribution in [3.8, 4) is 11.5 Å². The van der Waals surface area contributed by atoms with Crippen molar-refractivity contribution < 1.29 is 0 Å². The molecule has 0 amide bonds. The van der Waals surface area contributed by atoms with Gasteiger partial charge >= 0.3 is 0 Å². The minimum Gasteiger partial charge on any atom is -0.355 e. The first-order chi connectivity index (χ1) is 14.1. The second-order valence-electron chi connectivity index (χ2n) is 7.54. The Labute approximate surface area is 177 Å². The van der Waals surface area contributed by atoms with Gasteiger partial charge in [0.15, 0.2) is 5.82 Å². The SMILES string of the molecule is Cc1nc(-c2ccccn2)nc(N2CCCN(Cc3ccc(Cl)cc3)CC2)c1C. The van der Waals surface area contributed by atoms with Crippen LogP contribution < -0.4 is 4.90 Å². The molecule has 0 radical (unpaired) electrons. The molecular weight excluding hydrogens is 382 g/mol. The molecule has 1 aliphatic rings. The maximum Gasteiger partial charge on any atom is 0.180 e. The van der Waals surface area contributed by atoms with Gasteiger partial charge in [-0.1, -0.05) is 29.8 Å². The molecule has 0 atom stereocenters. The third-order valence-electron chi connectivity index (χ3n) is 5.47. The molecule has 0 unspecified atom stereocenters. The van der Waals surface area contributed by atoms with Gasteiger partial charge in [-0.15, -0.1) is 0 Å². The van der Waals surface area contributed by atoms with Crippen LogP contribution in [0.4, 0.5) is 5.82 Å². The minimum absolute atomic E-state index is 0.700. The van der Waals surface area contributed by atoms with Gasteiger partial charge in [0.25, 0.3) is 0 Å². The van der Waals surface area contributed by atoms with E-state index in [-0.39, 0.29) is 0 Å². The zero-order chi connectivity index (χ0) is 20.2. The van der Waals surface area contributed by atoms with Crippen LogP contribution in [-0.4, -0.2) is 46.0 Å². The summed E-state index contributed by atoms with van der Waals surface area (Å²) in [6, 6.07) is 14.0. The average Bonchev–Trinajstić information content (AvgIpc) is 2.98. The van der Waals surface area contributed by atoms with Gasteiger partial charge in [-0.3, -0.25) is 9.88 Å². The van der Waals surface area contributed by atoms with Crippen LogP contribution in [0.2, 0.25) is 5.02 Å². The van der Waals surface area contributed by atoms with E-state index in [1.54, 1.807) is 6.20 Å². The molecule has 0 saturated carbocycles. The average molecular weight is 408 g/mol. The Hall–Kier alpha value is -2.50. The number of anilines is 1. The van der Waals surface area contributed by atoms with Crippen LogP contribution in [0.3, 0.4) is 0 Å². The minimum atomic E-state index is 0.700. The van der Waals surface area contributed by atoms with Gasteiger partial charge in [0, 0.05) is 55.2 Å². The summed E-state index contributed by atoms with van der Waals surface area (Å²) in [7, 11) is 0. The summed E-state index contributed by atoms with van der Waals surface area (Å²) in [4.78, 5) is 18.9. The molecule has 2 aromatic heterocycles. The molecule has 0 spiro atoms. The largest absolute Gasteiger partial charge is 0.355 e. The van der Waals surface area contributed by atoms with E-state index in [2.05, 4.69) is 45.7 Å². The molecule has 1 aliphatic heterocycles. The van der Waals surface area contributed by atoms with Gasteiger partial charge in [-0.25, -0.2) is 9.97 Å². The van der Waals surface area contributed by atoms with E-state index < -0.39 is 0 Å². The van der Waals surface area contributed by atoms with Crippen LogP contribution in [0, 0.1) is 13.8 Å². The Morgan fingerprint density at radius 2 is 1.76 bits per heavy atom. The quantitative estimate of drug-likeness (QED) is 0.636. The monoisotopic (exact) mass is 407 g/mol. The first kappa shape index (κ1) is 19.8. The first-order valence-corrected chi connectivity index (χ1v) is 10.5. The highest BCUT2D eigenvalue weighted by Gasteiger charge is 2.20. The fraction of sp³-hybridized carbons (Fsp3) is 0.348. The first-order valence-electron chi connectivity index (χ1n) is 10.1. The lowest BCUT2D eigenvalue weighted by Gasteiger charge is -2.25. The van der Waals surface area contributed by atoms with Crippen LogP contribution in [0.25, 0.3) is 11.5 Å². The lowest BCUT2D eigenvalue weighted by molar-refractivity contribution is 0.285. The maximum atomic E-state index is 6.02. The Bertz CT molecular complexity index is 959. The van der Waals surface area contributed by atoms with Gasteiger partial charge in [-0.2, -0.15) is 0 Å². The fourth-order valence-electron chi connectivity index (χ4n) is 3.72. The summed E-state index contributed by atoms with van der Waals surface area (Å²) in [5.74, 6) is 1.73. The molecule has 0 aliphatic carbocycles. The molecule has 3 heterocycles. The number of nitrogens with zero attached hydrogens (tertiary/aromatic N) is 5. The van der Waals surface area contributed by atoms with E-state index in [4.69, 9.17) is 16.6 Å². The van der Waals surface area contributed by atoms with Gasteiger partial charge < -0.3 is 4.90 Å². The summed E-state index contributed by atoms with van der Waals surface area (Å²) in [5, 5.41) is 0.786. The molecule has 29 heavy (non-hydrogen) atoms. The molecule has 0 bridgehead atoms. The molecule has 3 aromatic rings. The molecule has 150 valence electrons. The normalized spacial score (nSPS) is 15.3.